The molecule has 3 aliphatic rings. The first kappa shape index (κ1) is 21.3. The second-order valence-corrected chi connectivity index (χ2v) is 11.2. The third kappa shape index (κ3) is 3.86. The highest BCUT2D eigenvalue weighted by Gasteiger charge is 2.39. The summed E-state index contributed by atoms with van der Waals surface area (Å²) in [6.45, 7) is 6.44. The molecule has 7 nitrogen and oxygen atoms in total. The lowest BCUT2D eigenvalue weighted by molar-refractivity contribution is 0.0745. The van der Waals surface area contributed by atoms with Gasteiger partial charge in [0.1, 0.15) is 5.75 Å². The molecule has 3 heterocycles. The van der Waals surface area contributed by atoms with Gasteiger partial charge in [-0.2, -0.15) is 0 Å². The largest absolute Gasteiger partial charge is 0.490 e. The van der Waals surface area contributed by atoms with E-state index in [2.05, 4.69) is 23.1 Å². The van der Waals surface area contributed by atoms with Gasteiger partial charge in [-0.1, -0.05) is 6.07 Å². The number of morpholine rings is 1. The SMILES string of the molecule is CC(C)Oc1ccc(S(C)(=O)=O)cc1C(=O)N1Cc2ccc(N3C[C@@H]4C[C@H]3CO4)cc2C1. The number of carbonyl (C=O) groups is 1. The normalized spacial score (nSPS) is 22.0. The third-order valence-corrected chi connectivity index (χ3v) is 7.51. The Bertz CT molecular complexity index is 1180. The van der Waals surface area contributed by atoms with Crippen LogP contribution in [0, 0.1) is 0 Å². The van der Waals surface area contributed by atoms with E-state index in [9.17, 15) is 13.2 Å². The van der Waals surface area contributed by atoms with E-state index >= 15 is 0 Å². The number of amides is 1. The highest BCUT2D eigenvalue weighted by atomic mass is 32.2. The van der Waals surface area contributed by atoms with Crippen LogP contribution in [0.15, 0.2) is 41.3 Å². The van der Waals surface area contributed by atoms with Crippen LogP contribution in [0.1, 0.15) is 41.8 Å². The Morgan fingerprint density at radius 2 is 1.91 bits per heavy atom. The average molecular weight is 457 g/mol. The van der Waals surface area contributed by atoms with Crippen molar-refractivity contribution in [2.24, 2.45) is 0 Å². The molecule has 0 aromatic heterocycles. The van der Waals surface area contributed by atoms with Gasteiger partial charge in [-0.05, 0) is 61.7 Å². The molecule has 2 aromatic carbocycles. The minimum absolute atomic E-state index is 0.113. The molecule has 32 heavy (non-hydrogen) atoms. The predicted octanol–water partition coefficient (Wildman–Crippen LogP) is 3.01. The summed E-state index contributed by atoms with van der Waals surface area (Å²) in [7, 11) is -3.44. The number of hydrogen-bond donors (Lipinski definition) is 0. The summed E-state index contributed by atoms with van der Waals surface area (Å²) >= 11 is 0. The van der Waals surface area contributed by atoms with Crippen LogP contribution in [0.25, 0.3) is 0 Å². The summed E-state index contributed by atoms with van der Waals surface area (Å²) in [4.78, 5) is 17.7. The molecule has 0 saturated carbocycles. The summed E-state index contributed by atoms with van der Waals surface area (Å²) < 4.78 is 35.7. The molecule has 2 fully saturated rings. The molecule has 0 unspecified atom stereocenters. The highest BCUT2D eigenvalue weighted by Crippen LogP contribution is 2.36. The molecule has 5 rings (SSSR count). The van der Waals surface area contributed by atoms with Crippen LogP contribution >= 0.6 is 0 Å². The zero-order valence-corrected chi connectivity index (χ0v) is 19.4. The summed E-state index contributed by atoms with van der Waals surface area (Å²) in [5.41, 5.74) is 3.71. The average Bonchev–Trinajstić information content (AvgIpc) is 3.47. The van der Waals surface area contributed by atoms with Crippen LogP contribution in [-0.2, 0) is 27.7 Å². The Morgan fingerprint density at radius 1 is 1.12 bits per heavy atom. The zero-order valence-electron chi connectivity index (χ0n) is 18.6. The van der Waals surface area contributed by atoms with Gasteiger partial charge in [-0.3, -0.25) is 4.79 Å². The molecule has 2 atom stereocenters. The first-order chi connectivity index (χ1) is 15.2. The van der Waals surface area contributed by atoms with Crippen LogP contribution in [0.5, 0.6) is 5.75 Å². The van der Waals surface area contributed by atoms with E-state index < -0.39 is 9.84 Å². The van der Waals surface area contributed by atoms with E-state index in [4.69, 9.17) is 9.47 Å². The molecule has 0 radical (unpaired) electrons. The van der Waals surface area contributed by atoms with Gasteiger partial charge < -0.3 is 19.3 Å². The highest BCUT2D eigenvalue weighted by molar-refractivity contribution is 7.90. The first-order valence-electron chi connectivity index (χ1n) is 11.0. The van der Waals surface area contributed by atoms with Crippen molar-refractivity contribution < 1.29 is 22.7 Å². The Hall–Kier alpha value is -2.58. The minimum Gasteiger partial charge on any atom is -0.490 e. The van der Waals surface area contributed by atoms with Gasteiger partial charge in [-0.25, -0.2) is 8.42 Å². The molecule has 170 valence electrons. The first-order valence-corrected chi connectivity index (χ1v) is 12.9. The molecule has 0 N–H and O–H groups in total. The molecule has 2 saturated heterocycles. The van der Waals surface area contributed by atoms with Gasteiger partial charge in [0, 0.05) is 31.6 Å². The molecule has 2 bridgehead atoms. The molecule has 0 spiro atoms. The maximum Gasteiger partial charge on any atom is 0.258 e. The molecular weight excluding hydrogens is 428 g/mol. The van der Waals surface area contributed by atoms with Gasteiger partial charge >= 0.3 is 0 Å². The van der Waals surface area contributed by atoms with Gasteiger partial charge in [0.05, 0.1) is 35.3 Å². The molecule has 2 aromatic rings. The van der Waals surface area contributed by atoms with Gasteiger partial charge in [-0.15, -0.1) is 0 Å². The van der Waals surface area contributed by atoms with E-state index in [1.54, 1.807) is 11.0 Å². The monoisotopic (exact) mass is 456 g/mol. The fourth-order valence-corrected chi connectivity index (χ4v) is 5.50. The van der Waals surface area contributed by atoms with Crippen molar-refractivity contribution in [1.82, 2.24) is 4.90 Å². The molecule has 8 heteroatoms. The van der Waals surface area contributed by atoms with Crippen molar-refractivity contribution in [2.75, 3.05) is 24.3 Å². The van der Waals surface area contributed by atoms with Gasteiger partial charge in [0.2, 0.25) is 0 Å². The lowest BCUT2D eigenvalue weighted by Gasteiger charge is -2.29. The van der Waals surface area contributed by atoms with Crippen LogP contribution in [0.2, 0.25) is 0 Å². The van der Waals surface area contributed by atoms with Gasteiger partial charge in [0.25, 0.3) is 5.91 Å². The van der Waals surface area contributed by atoms with Crippen LogP contribution in [-0.4, -0.2) is 56.9 Å². The third-order valence-electron chi connectivity index (χ3n) is 6.40. The topological polar surface area (TPSA) is 76.2 Å². The van der Waals surface area contributed by atoms with Crippen molar-refractivity contribution in [1.29, 1.82) is 0 Å². The fourth-order valence-electron chi connectivity index (χ4n) is 4.85. The summed E-state index contributed by atoms with van der Waals surface area (Å²) in [6, 6.07) is 11.4. The summed E-state index contributed by atoms with van der Waals surface area (Å²) in [5.74, 6) is 0.180. The second-order valence-electron chi connectivity index (χ2n) is 9.21. The zero-order chi connectivity index (χ0) is 22.6. The van der Waals surface area contributed by atoms with Gasteiger partial charge in [0.15, 0.2) is 9.84 Å². The van der Waals surface area contributed by atoms with Crippen molar-refractivity contribution in [3.8, 4) is 5.75 Å². The van der Waals surface area contributed by atoms with Crippen molar-refractivity contribution in [3.05, 3.63) is 53.1 Å². The number of fused-ring (bicyclic) bond motifs is 3. The van der Waals surface area contributed by atoms with Crippen LogP contribution < -0.4 is 9.64 Å². The smallest absolute Gasteiger partial charge is 0.258 e. The summed E-state index contributed by atoms with van der Waals surface area (Å²) in [5, 5.41) is 0. The Kier molecular flexibility index (Phi) is 5.17. The quantitative estimate of drug-likeness (QED) is 0.689. The van der Waals surface area contributed by atoms with E-state index in [1.807, 2.05) is 13.8 Å². The number of ether oxygens (including phenoxy) is 2. The van der Waals surface area contributed by atoms with E-state index in [0.717, 1.165) is 37.0 Å². The fraction of sp³-hybridized carbons (Fsp3) is 0.458. The molecule has 3 aliphatic heterocycles. The van der Waals surface area contributed by atoms with Crippen molar-refractivity contribution in [2.45, 2.75) is 56.5 Å². The Morgan fingerprint density at radius 3 is 2.56 bits per heavy atom. The van der Waals surface area contributed by atoms with Crippen LogP contribution in [0.4, 0.5) is 5.69 Å². The number of hydrogen-bond acceptors (Lipinski definition) is 6. The number of anilines is 1. The molecule has 1 amide bonds. The number of rotatable bonds is 5. The second kappa shape index (κ2) is 7.78. The summed E-state index contributed by atoms with van der Waals surface area (Å²) in [6.07, 6.45) is 2.41. The van der Waals surface area contributed by atoms with E-state index in [0.29, 0.717) is 31.0 Å². The Balaban J connectivity index is 1.41. The van der Waals surface area contributed by atoms with Crippen LogP contribution in [0.3, 0.4) is 0 Å². The van der Waals surface area contributed by atoms with Crippen molar-refractivity contribution >= 4 is 21.4 Å². The number of carbonyl (C=O) groups excluding carboxylic acids is 1. The molecular formula is C24H28N2O5S. The lowest BCUT2D eigenvalue weighted by Crippen LogP contribution is -2.36. The Labute approximate surface area is 188 Å². The lowest BCUT2D eigenvalue weighted by atomic mass is 10.1. The van der Waals surface area contributed by atoms with E-state index in [-0.39, 0.29) is 22.5 Å². The van der Waals surface area contributed by atoms with Crippen molar-refractivity contribution in [3.63, 3.8) is 0 Å². The minimum atomic E-state index is -3.44. The maximum atomic E-state index is 13.5. The standard InChI is InChI=1S/C24H28N2O5S/c1-15(2)31-23-7-6-21(32(3,28)29)10-22(23)24(27)25-11-16-4-5-18(8-17(16)12-25)26-13-20-9-19(26)14-30-20/h4-8,10,15,19-20H,9,11-14H2,1-3H3/t19-,20-/m0/s1. The number of sulfone groups is 1. The number of benzene rings is 2. The maximum absolute atomic E-state index is 13.5. The van der Waals surface area contributed by atoms with E-state index in [1.165, 1.54) is 17.8 Å². The number of nitrogens with zero attached hydrogens (tertiary/aromatic N) is 2. The molecule has 0 aliphatic carbocycles. The predicted molar refractivity (Wildman–Crippen MR) is 121 cm³/mol.